The molecule has 5 nitrogen and oxygen atoms in total. The van der Waals surface area contributed by atoms with Crippen molar-refractivity contribution in [3.05, 3.63) is 34.1 Å². The minimum Gasteiger partial charge on any atom is -0.379 e. The zero-order valence-corrected chi connectivity index (χ0v) is 9.99. The van der Waals surface area contributed by atoms with Crippen molar-refractivity contribution in [2.75, 3.05) is 25.0 Å². The van der Waals surface area contributed by atoms with Crippen LogP contribution in [-0.2, 0) is 0 Å². The van der Waals surface area contributed by atoms with Crippen molar-refractivity contribution in [1.29, 1.82) is 0 Å². The van der Waals surface area contributed by atoms with Crippen molar-refractivity contribution >= 4 is 11.4 Å². The number of benzene rings is 1. The number of piperidine rings is 1. The van der Waals surface area contributed by atoms with Gasteiger partial charge >= 0.3 is 5.69 Å². The van der Waals surface area contributed by atoms with Gasteiger partial charge in [-0.05, 0) is 44.0 Å². The summed E-state index contributed by atoms with van der Waals surface area (Å²) in [4.78, 5) is 10.1. The molecule has 0 aliphatic carbocycles. The lowest BCUT2D eigenvalue weighted by Gasteiger charge is -2.23. The van der Waals surface area contributed by atoms with Crippen LogP contribution < -0.4 is 10.6 Å². The van der Waals surface area contributed by atoms with E-state index in [-0.39, 0.29) is 5.69 Å². The Labute approximate surface area is 105 Å². The number of para-hydroxylation sites is 1. The van der Waals surface area contributed by atoms with E-state index in [0.29, 0.717) is 12.5 Å². The number of nitrogens with zero attached hydrogens (tertiary/aromatic N) is 1. The first-order chi connectivity index (χ1) is 8.68. The van der Waals surface area contributed by atoms with E-state index in [0.717, 1.165) is 32.0 Å². The van der Waals surface area contributed by atoms with Gasteiger partial charge in [0.15, 0.2) is 0 Å². The second-order valence-electron chi connectivity index (χ2n) is 4.49. The lowest BCUT2D eigenvalue weighted by Crippen LogP contribution is -2.33. The van der Waals surface area contributed by atoms with Gasteiger partial charge < -0.3 is 10.6 Å². The average molecular weight is 253 g/mol. The molecule has 1 heterocycles. The summed E-state index contributed by atoms with van der Waals surface area (Å²) in [5.41, 5.74) is -0.216. The predicted octanol–water partition coefficient (Wildman–Crippen LogP) is 2.15. The van der Waals surface area contributed by atoms with Gasteiger partial charge in [-0.15, -0.1) is 0 Å². The Morgan fingerprint density at radius 2 is 2.39 bits per heavy atom. The highest BCUT2D eigenvalue weighted by Crippen LogP contribution is 2.27. The van der Waals surface area contributed by atoms with Crippen molar-refractivity contribution in [1.82, 2.24) is 5.32 Å². The van der Waals surface area contributed by atoms with Crippen LogP contribution in [0.4, 0.5) is 15.8 Å². The van der Waals surface area contributed by atoms with E-state index < -0.39 is 16.4 Å². The highest BCUT2D eigenvalue weighted by molar-refractivity contribution is 5.61. The Balaban J connectivity index is 2.04. The van der Waals surface area contributed by atoms with Gasteiger partial charge in [0, 0.05) is 6.54 Å². The van der Waals surface area contributed by atoms with Crippen molar-refractivity contribution < 1.29 is 9.31 Å². The zero-order chi connectivity index (χ0) is 13.0. The molecule has 1 aliphatic rings. The Hall–Kier alpha value is -1.69. The summed E-state index contributed by atoms with van der Waals surface area (Å²) in [6.45, 7) is 2.55. The van der Waals surface area contributed by atoms with Gasteiger partial charge in [-0.1, -0.05) is 6.07 Å². The van der Waals surface area contributed by atoms with Crippen LogP contribution in [0, 0.1) is 21.8 Å². The summed E-state index contributed by atoms with van der Waals surface area (Å²) < 4.78 is 13.4. The summed E-state index contributed by atoms with van der Waals surface area (Å²) in [6, 6.07) is 4.12. The van der Waals surface area contributed by atoms with Crippen molar-refractivity contribution in [3.63, 3.8) is 0 Å². The second kappa shape index (κ2) is 5.77. The normalized spacial score (nSPS) is 19.5. The van der Waals surface area contributed by atoms with Crippen LogP contribution in [-0.4, -0.2) is 24.6 Å². The van der Waals surface area contributed by atoms with E-state index in [1.807, 2.05) is 0 Å². The number of rotatable bonds is 4. The molecule has 1 aliphatic heterocycles. The summed E-state index contributed by atoms with van der Waals surface area (Å²) in [5.74, 6) is -0.367. The number of anilines is 1. The predicted molar refractivity (Wildman–Crippen MR) is 67.1 cm³/mol. The molecule has 0 saturated carbocycles. The Morgan fingerprint density at radius 1 is 1.56 bits per heavy atom. The Morgan fingerprint density at radius 3 is 3.06 bits per heavy atom. The summed E-state index contributed by atoms with van der Waals surface area (Å²) in [6.07, 6.45) is 2.20. The fraction of sp³-hybridized carbons (Fsp3) is 0.500. The van der Waals surface area contributed by atoms with Crippen molar-refractivity contribution in [3.8, 4) is 0 Å². The standard InChI is InChI=1S/C12H16FN3O2/c13-10-4-1-5-11(12(10)16(17)18)15-8-9-3-2-6-14-7-9/h1,4-5,9,14-15H,2-3,6-8H2. The maximum Gasteiger partial charge on any atom is 0.327 e. The molecule has 2 rings (SSSR count). The fourth-order valence-electron chi connectivity index (χ4n) is 2.20. The third-order valence-corrected chi connectivity index (χ3v) is 3.15. The molecule has 1 saturated heterocycles. The molecule has 18 heavy (non-hydrogen) atoms. The van der Waals surface area contributed by atoms with Crippen LogP contribution >= 0.6 is 0 Å². The SMILES string of the molecule is O=[N+]([O-])c1c(F)cccc1NCC1CCCNC1. The van der Waals surface area contributed by atoms with Gasteiger partial charge in [-0.25, -0.2) is 0 Å². The number of nitro groups is 1. The van der Waals surface area contributed by atoms with Gasteiger partial charge in [0.05, 0.1) is 4.92 Å². The van der Waals surface area contributed by atoms with Crippen LogP contribution in [0.5, 0.6) is 0 Å². The Bertz CT molecular complexity index is 433. The lowest BCUT2D eigenvalue weighted by atomic mass is 9.99. The first-order valence-corrected chi connectivity index (χ1v) is 6.06. The summed E-state index contributed by atoms with van der Waals surface area (Å²) >= 11 is 0. The Kier molecular flexibility index (Phi) is 4.09. The third-order valence-electron chi connectivity index (χ3n) is 3.15. The van der Waals surface area contributed by atoms with E-state index >= 15 is 0 Å². The van der Waals surface area contributed by atoms with E-state index in [1.54, 1.807) is 0 Å². The maximum absolute atomic E-state index is 13.4. The zero-order valence-electron chi connectivity index (χ0n) is 9.99. The highest BCUT2D eigenvalue weighted by Gasteiger charge is 2.20. The average Bonchev–Trinajstić information content (AvgIpc) is 2.37. The molecule has 1 atom stereocenters. The molecular formula is C12H16FN3O2. The number of nitrogens with one attached hydrogen (secondary N) is 2. The number of halogens is 1. The van der Waals surface area contributed by atoms with Crippen LogP contribution in [0.3, 0.4) is 0 Å². The monoisotopic (exact) mass is 253 g/mol. The van der Waals surface area contributed by atoms with Gasteiger partial charge in [0.2, 0.25) is 5.82 Å². The summed E-state index contributed by atoms with van der Waals surface area (Å²) in [7, 11) is 0. The first-order valence-electron chi connectivity index (χ1n) is 6.06. The van der Waals surface area contributed by atoms with E-state index in [1.165, 1.54) is 12.1 Å². The number of nitro benzene ring substituents is 1. The highest BCUT2D eigenvalue weighted by atomic mass is 19.1. The quantitative estimate of drug-likeness (QED) is 0.637. The molecule has 0 spiro atoms. The fourth-order valence-corrected chi connectivity index (χ4v) is 2.20. The molecule has 98 valence electrons. The van der Waals surface area contributed by atoms with Crippen LogP contribution in [0.2, 0.25) is 0 Å². The number of hydrogen-bond acceptors (Lipinski definition) is 4. The largest absolute Gasteiger partial charge is 0.379 e. The molecule has 2 N–H and O–H groups in total. The molecule has 0 amide bonds. The van der Waals surface area contributed by atoms with Crippen LogP contribution in [0.1, 0.15) is 12.8 Å². The lowest BCUT2D eigenvalue weighted by molar-refractivity contribution is -0.386. The molecule has 1 aromatic rings. The molecular weight excluding hydrogens is 237 g/mol. The van der Waals surface area contributed by atoms with Gasteiger partial charge in [0.25, 0.3) is 0 Å². The molecule has 1 aromatic carbocycles. The number of hydrogen-bond donors (Lipinski definition) is 2. The summed E-state index contributed by atoms with van der Waals surface area (Å²) in [5, 5.41) is 17.1. The van der Waals surface area contributed by atoms with Gasteiger partial charge in [-0.2, -0.15) is 4.39 Å². The van der Waals surface area contributed by atoms with Crippen LogP contribution in [0.25, 0.3) is 0 Å². The van der Waals surface area contributed by atoms with Crippen LogP contribution in [0.15, 0.2) is 18.2 Å². The third kappa shape index (κ3) is 2.95. The van der Waals surface area contributed by atoms with Gasteiger partial charge in [0.1, 0.15) is 5.69 Å². The maximum atomic E-state index is 13.4. The minimum atomic E-state index is -0.799. The molecule has 6 heteroatoms. The second-order valence-corrected chi connectivity index (χ2v) is 4.49. The molecule has 1 fully saturated rings. The van der Waals surface area contributed by atoms with E-state index in [2.05, 4.69) is 10.6 Å². The topological polar surface area (TPSA) is 67.2 Å². The minimum absolute atomic E-state index is 0.255. The van der Waals surface area contributed by atoms with Crippen molar-refractivity contribution in [2.24, 2.45) is 5.92 Å². The molecule has 0 aromatic heterocycles. The first kappa shape index (κ1) is 12.8. The van der Waals surface area contributed by atoms with E-state index in [4.69, 9.17) is 0 Å². The smallest absolute Gasteiger partial charge is 0.327 e. The van der Waals surface area contributed by atoms with E-state index in [9.17, 15) is 14.5 Å². The molecule has 0 bridgehead atoms. The molecule has 1 unspecified atom stereocenters. The van der Waals surface area contributed by atoms with Crippen molar-refractivity contribution in [2.45, 2.75) is 12.8 Å². The van der Waals surface area contributed by atoms with Gasteiger partial charge in [-0.3, -0.25) is 10.1 Å². The molecule has 0 radical (unpaired) electrons.